The van der Waals surface area contributed by atoms with Crippen molar-refractivity contribution in [1.29, 1.82) is 0 Å². The highest BCUT2D eigenvalue weighted by Crippen LogP contribution is 2.22. The summed E-state index contributed by atoms with van der Waals surface area (Å²) in [5, 5.41) is 4.36. The molecule has 0 aromatic carbocycles. The Morgan fingerprint density at radius 2 is 2.24 bits per heavy atom. The van der Waals surface area contributed by atoms with E-state index in [1.54, 1.807) is 6.33 Å². The Kier molecular flexibility index (Phi) is 2.40. The smallest absolute Gasteiger partial charge is 0.115 e. The molecule has 0 N–H and O–H groups in total. The number of hydrogen-bond donors (Lipinski definition) is 0. The van der Waals surface area contributed by atoms with Crippen LogP contribution in [0.15, 0.2) is 18.7 Å². The van der Waals surface area contributed by atoms with Crippen LogP contribution in [0, 0.1) is 6.92 Å². The van der Waals surface area contributed by atoms with Crippen LogP contribution in [0.5, 0.6) is 0 Å². The van der Waals surface area contributed by atoms with Gasteiger partial charge in [0.25, 0.3) is 0 Å². The molecule has 5 nitrogen and oxygen atoms in total. The number of nitrogens with zero attached hydrogens (tertiary/aromatic N) is 5. The van der Waals surface area contributed by atoms with Crippen molar-refractivity contribution in [2.45, 2.75) is 26.6 Å². The van der Waals surface area contributed by atoms with Gasteiger partial charge < -0.3 is 0 Å². The average molecular weight is 229 g/mol. The van der Waals surface area contributed by atoms with Crippen molar-refractivity contribution >= 4 is 0 Å². The Bertz CT molecular complexity index is 521. The van der Waals surface area contributed by atoms with Crippen LogP contribution in [0.25, 0.3) is 0 Å². The van der Waals surface area contributed by atoms with E-state index in [1.165, 1.54) is 11.1 Å². The van der Waals surface area contributed by atoms with Crippen LogP contribution < -0.4 is 0 Å². The summed E-state index contributed by atoms with van der Waals surface area (Å²) in [7, 11) is 1.96. The SMILES string of the molecule is Cc1nn(C)cc1CN1Cc2cncnc2C1. The van der Waals surface area contributed by atoms with Gasteiger partial charge in [-0.3, -0.25) is 9.58 Å². The molecule has 2 aromatic rings. The van der Waals surface area contributed by atoms with E-state index in [1.807, 2.05) is 17.9 Å². The highest BCUT2D eigenvalue weighted by molar-refractivity contribution is 5.22. The zero-order chi connectivity index (χ0) is 11.8. The Morgan fingerprint density at radius 3 is 2.94 bits per heavy atom. The van der Waals surface area contributed by atoms with Crippen molar-refractivity contribution in [3.8, 4) is 0 Å². The third kappa shape index (κ3) is 1.93. The van der Waals surface area contributed by atoms with Gasteiger partial charge in [-0.05, 0) is 6.92 Å². The van der Waals surface area contributed by atoms with Gasteiger partial charge in [-0.2, -0.15) is 5.10 Å². The lowest BCUT2D eigenvalue weighted by Gasteiger charge is -2.13. The molecule has 0 bridgehead atoms. The summed E-state index contributed by atoms with van der Waals surface area (Å²) in [4.78, 5) is 10.7. The van der Waals surface area contributed by atoms with Crippen LogP contribution in [0.1, 0.15) is 22.5 Å². The molecule has 0 unspecified atom stereocenters. The van der Waals surface area contributed by atoms with E-state index >= 15 is 0 Å². The van der Waals surface area contributed by atoms with Crippen LogP contribution >= 0.6 is 0 Å². The van der Waals surface area contributed by atoms with E-state index in [0.717, 1.165) is 31.0 Å². The van der Waals surface area contributed by atoms with E-state index in [0.29, 0.717) is 0 Å². The van der Waals surface area contributed by atoms with Crippen LogP contribution in [-0.4, -0.2) is 24.6 Å². The molecule has 0 atom stereocenters. The highest BCUT2D eigenvalue weighted by atomic mass is 15.3. The molecular weight excluding hydrogens is 214 g/mol. The van der Waals surface area contributed by atoms with Crippen LogP contribution in [-0.2, 0) is 26.7 Å². The second-order valence-electron chi connectivity index (χ2n) is 4.55. The van der Waals surface area contributed by atoms with Gasteiger partial charge in [0, 0.05) is 50.2 Å². The molecule has 0 saturated carbocycles. The zero-order valence-corrected chi connectivity index (χ0v) is 10.1. The van der Waals surface area contributed by atoms with Crippen molar-refractivity contribution in [3.05, 3.63) is 41.2 Å². The molecule has 3 heterocycles. The number of aromatic nitrogens is 4. The first kappa shape index (κ1) is 10.4. The molecule has 0 saturated heterocycles. The molecule has 3 rings (SSSR count). The molecule has 0 fully saturated rings. The first-order chi connectivity index (χ1) is 8.22. The number of rotatable bonds is 2. The number of aryl methyl sites for hydroxylation is 2. The normalized spacial score (nSPS) is 15.2. The Morgan fingerprint density at radius 1 is 1.35 bits per heavy atom. The average Bonchev–Trinajstić information content (AvgIpc) is 2.82. The van der Waals surface area contributed by atoms with Crippen LogP contribution in [0.4, 0.5) is 0 Å². The Labute approximate surface area is 100 Å². The fraction of sp³-hybridized carbons (Fsp3) is 0.417. The standard InChI is InChI=1S/C12H15N5/c1-9-11(4-16(2)15-9)6-17-5-10-3-13-8-14-12(10)7-17/h3-4,8H,5-7H2,1-2H3. The maximum Gasteiger partial charge on any atom is 0.115 e. The lowest BCUT2D eigenvalue weighted by Crippen LogP contribution is -2.15. The number of hydrogen-bond acceptors (Lipinski definition) is 4. The minimum absolute atomic E-state index is 0.909. The predicted octanol–water partition coefficient (Wildman–Crippen LogP) is 1.03. The quantitative estimate of drug-likeness (QED) is 0.771. The lowest BCUT2D eigenvalue weighted by atomic mass is 10.2. The molecule has 0 spiro atoms. The molecule has 17 heavy (non-hydrogen) atoms. The van der Waals surface area contributed by atoms with Crippen molar-refractivity contribution in [1.82, 2.24) is 24.6 Å². The molecular formula is C12H15N5. The minimum Gasteiger partial charge on any atom is -0.289 e. The van der Waals surface area contributed by atoms with Crippen molar-refractivity contribution < 1.29 is 0 Å². The van der Waals surface area contributed by atoms with Crippen molar-refractivity contribution in [2.24, 2.45) is 7.05 Å². The largest absolute Gasteiger partial charge is 0.289 e. The fourth-order valence-corrected chi connectivity index (χ4v) is 2.32. The summed E-state index contributed by atoms with van der Waals surface area (Å²) in [5.74, 6) is 0. The van der Waals surface area contributed by atoms with Gasteiger partial charge in [-0.1, -0.05) is 0 Å². The molecule has 0 aliphatic carbocycles. The minimum atomic E-state index is 0.909. The topological polar surface area (TPSA) is 46.8 Å². The molecule has 1 aliphatic rings. The second kappa shape index (κ2) is 3.92. The Balaban J connectivity index is 1.76. The van der Waals surface area contributed by atoms with E-state index in [9.17, 15) is 0 Å². The van der Waals surface area contributed by atoms with Gasteiger partial charge >= 0.3 is 0 Å². The third-order valence-corrected chi connectivity index (χ3v) is 3.16. The first-order valence-electron chi connectivity index (χ1n) is 5.71. The summed E-state index contributed by atoms with van der Waals surface area (Å²) in [6.07, 6.45) is 5.63. The molecule has 88 valence electrons. The van der Waals surface area contributed by atoms with Gasteiger partial charge in [0.1, 0.15) is 6.33 Å². The van der Waals surface area contributed by atoms with E-state index in [4.69, 9.17) is 0 Å². The molecule has 5 heteroatoms. The van der Waals surface area contributed by atoms with Crippen LogP contribution in [0.2, 0.25) is 0 Å². The summed E-state index contributed by atoms with van der Waals surface area (Å²) >= 11 is 0. The maximum atomic E-state index is 4.36. The van der Waals surface area contributed by atoms with Gasteiger partial charge in [0.2, 0.25) is 0 Å². The monoisotopic (exact) mass is 229 g/mol. The highest BCUT2D eigenvalue weighted by Gasteiger charge is 2.21. The first-order valence-corrected chi connectivity index (χ1v) is 5.71. The maximum absolute atomic E-state index is 4.36. The predicted molar refractivity (Wildman–Crippen MR) is 62.9 cm³/mol. The van der Waals surface area contributed by atoms with E-state index in [2.05, 4.69) is 33.1 Å². The molecule has 0 amide bonds. The van der Waals surface area contributed by atoms with Crippen molar-refractivity contribution in [3.63, 3.8) is 0 Å². The Hall–Kier alpha value is -1.75. The number of fused-ring (bicyclic) bond motifs is 1. The fourth-order valence-electron chi connectivity index (χ4n) is 2.32. The van der Waals surface area contributed by atoms with E-state index < -0.39 is 0 Å². The van der Waals surface area contributed by atoms with E-state index in [-0.39, 0.29) is 0 Å². The summed E-state index contributed by atoms with van der Waals surface area (Å²) < 4.78 is 1.87. The summed E-state index contributed by atoms with van der Waals surface area (Å²) in [6, 6.07) is 0. The molecule has 0 radical (unpaired) electrons. The summed E-state index contributed by atoms with van der Waals surface area (Å²) in [6.45, 7) is 4.82. The molecule has 2 aromatic heterocycles. The van der Waals surface area contributed by atoms with Crippen molar-refractivity contribution in [2.75, 3.05) is 0 Å². The second-order valence-corrected chi connectivity index (χ2v) is 4.55. The van der Waals surface area contributed by atoms with Gasteiger partial charge in [0.15, 0.2) is 0 Å². The van der Waals surface area contributed by atoms with Gasteiger partial charge in [0.05, 0.1) is 11.4 Å². The lowest BCUT2D eigenvalue weighted by molar-refractivity contribution is 0.273. The molecule has 1 aliphatic heterocycles. The summed E-state index contributed by atoms with van der Waals surface area (Å²) in [5.41, 5.74) is 4.79. The zero-order valence-electron chi connectivity index (χ0n) is 10.1. The van der Waals surface area contributed by atoms with Crippen LogP contribution in [0.3, 0.4) is 0 Å². The third-order valence-electron chi connectivity index (χ3n) is 3.16. The van der Waals surface area contributed by atoms with Gasteiger partial charge in [-0.15, -0.1) is 0 Å². The van der Waals surface area contributed by atoms with Gasteiger partial charge in [-0.25, -0.2) is 9.97 Å².